The molecule has 2 saturated heterocycles. The van der Waals surface area contributed by atoms with Gasteiger partial charge in [-0.1, -0.05) is 76.9 Å². The van der Waals surface area contributed by atoms with Gasteiger partial charge < -0.3 is 14.2 Å². The summed E-state index contributed by atoms with van der Waals surface area (Å²) in [7, 11) is -1.94. The van der Waals surface area contributed by atoms with Crippen LogP contribution in [0.25, 0.3) is 11.1 Å². The topological polar surface area (TPSA) is 49.9 Å². The molecule has 0 aromatic heterocycles. The van der Waals surface area contributed by atoms with Crippen LogP contribution < -0.4 is 0 Å². The SMILES string of the molecule is CC(C)[Si](O[C@H]1CC[C@H](N2CC[C@@H](Cc3c(Cl)cc(-c4ccc(C(=O)N5CCC(C(F)(F)F)CC5)cc4)cc3Cl)C2=O)CC1)(C(C)C)C(C)C. The summed E-state index contributed by atoms with van der Waals surface area (Å²) in [6, 6.07) is 10.9. The van der Waals surface area contributed by atoms with Crippen molar-refractivity contribution in [2.75, 3.05) is 19.6 Å². The Balaban J connectivity index is 1.17. The molecule has 5 nitrogen and oxygen atoms in total. The maximum atomic E-state index is 13.7. The predicted octanol–water partition coefficient (Wildman–Crippen LogP) is 11.0. The Morgan fingerprint density at radius 1 is 0.820 bits per heavy atom. The zero-order chi connectivity index (χ0) is 36.5. The summed E-state index contributed by atoms with van der Waals surface area (Å²) in [6.45, 7) is 14.9. The lowest BCUT2D eigenvalue weighted by molar-refractivity contribution is -0.183. The largest absolute Gasteiger partial charge is 0.413 e. The van der Waals surface area contributed by atoms with Gasteiger partial charge in [-0.3, -0.25) is 9.59 Å². The van der Waals surface area contributed by atoms with Crippen molar-refractivity contribution in [3.05, 3.63) is 57.6 Å². The molecule has 2 heterocycles. The van der Waals surface area contributed by atoms with E-state index >= 15 is 0 Å². The highest BCUT2D eigenvalue weighted by molar-refractivity contribution is 6.77. The van der Waals surface area contributed by atoms with Gasteiger partial charge in [0.2, 0.25) is 14.2 Å². The maximum Gasteiger partial charge on any atom is 0.391 e. The second kappa shape index (κ2) is 15.9. The Kier molecular flexibility index (Phi) is 12.4. The summed E-state index contributed by atoms with van der Waals surface area (Å²) in [4.78, 5) is 30.2. The smallest absolute Gasteiger partial charge is 0.391 e. The molecule has 2 amide bonds. The minimum absolute atomic E-state index is 0.0744. The summed E-state index contributed by atoms with van der Waals surface area (Å²) >= 11 is 13.6. The van der Waals surface area contributed by atoms with Crippen molar-refractivity contribution in [3.63, 3.8) is 0 Å². The molecule has 11 heteroatoms. The third-order valence-corrected chi connectivity index (χ3v) is 18.6. The number of amides is 2. The van der Waals surface area contributed by atoms with E-state index in [1.54, 1.807) is 24.3 Å². The van der Waals surface area contributed by atoms with Gasteiger partial charge in [0.25, 0.3) is 5.91 Å². The van der Waals surface area contributed by atoms with Gasteiger partial charge in [-0.15, -0.1) is 0 Å². The average Bonchev–Trinajstić information content (AvgIpc) is 3.43. The molecule has 5 rings (SSSR count). The first-order valence-electron chi connectivity index (χ1n) is 18.5. The summed E-state index contributed by atoms with van der Waals surface area (Å²) in [5.41, 5.74) is 4.45. The van der Waals surface area contributed by atoms with Gasteiger partial charge in [0, 0.05) is 53.3 Å². The van der Waals surface area contributed by atoms with Gasteiger partial charge >= 0.3 is 6.18 Å². The minimum Gasteiger partial charge on any atom is -0.413 e. The Morgan fingerprint density at radius 3 is 1.86 bits per heavy atom. The molecule has 276 valence electrons. The molecule has 1 aliphatic carbocycles. The van der Waals surface area contributed by atoms with Gasteiger partial charge in [0.05, 0.1) is 5.92 Å². The van der Waals surface area contributed by atoms with Crippen LogP contribution in [0.5, 0.6) is 0 Å². The van der Waals surface area contributed by atoms with E-state index in [1.807, 2.05) is 12.1 Å². The average molecular weight is 754 g/mol. The Labute approximate surface area is 307 Å². The van der Waals surface area contributed by atoms with Crippen molar-refractivity contribution in [2.45, 2.75) is 128 Å². The van der Waals surface area contributed by atoms with Gasteiger partial charge in [0.1, 0.15) is 0 Å². The molecular weight excluding hydrogens is 700 g/mol. The standard InChI is InChI=1S/C39H53Cl2F3N2O3Si/c1-24(2)50(25(3)4,26(5)6)49-33-13-11-32(12-14-33)46-20-15-29(38(46)48)21-34-35(40)22-30(23-36(34)41)27-7-9-28(10-8-27)37(47)45-18-16-31(17-19-45)39(42,43)44/h7-10,22-26,29,31-33H,11-21H2,1-6H3/t29-,32-,33-/m0/s1. The number of hydrogen-bond donors (Lipinski definition) is 0. The zero-order valence-electron chi connectivity index (χ0n) is 30.3. The molecule has 2 aromatic carbocycles. The van der Waals surface area contributed by atoms with Crippen LogP contribution in [-0.4, -0.2) is 67.9 Å². The number of halogens is 5. The number of benzene rings is 2. The van der Waals surface area contributed by atoms with Crippen molar-refractivity contribution in [3.8, 4) is 11.1 Å². The van der Waals surface area contributed by atoms with E-state index in [1.165, 1.54) is 4.90 Å². The molecule has 1 saturated carbocycles. The Hall–Kier alpha value is -2.07. The third-order valence-electron chi connectivity index (χ3n) is 11.8. The molecule has 0 spiro atoms. The molecule has 3 fully saturated rings. The van der Waals surface area contributed by atoms with Gasteiger partial charge in [0.15, 0.2) is 0 Å². The van der Waals surface area contributed by atoms with Gasteiger partial charge in [-0.2, -0.15) is 13.2 Å². The van der Waals surface area contributed by atoms with Crippen molar-refractivity contribution in [2.24, 2.45) is 11.8 Å². The molecule has 50 heavy (non-hydrogen) atoms. The van der Waals surface area contributed by atoms with E-state index in [9.17, 15) is 22.8 Å². The van der Waals surface area contributed by atoms with Gasteiger partial charge in [-0.25, -0.2) is 0 Å². The van der Waals surface area contributed by atoms with E-state index in [2.05, 4.69) is 46.4 Å². The third kappa shape index (κ3) is 8.26. The van der Waals surface area contributed by atoms with E-state index in [-0.39, 0.29) is 55.8 Å². The fourth-order valence-electron chi connectivity index (χ4n) is 9.10. The van der Waals surface area contributed by atoms with Gasteiger partial charge in [-0.05, 0) is 109 Å². The van der Waals surface area contributed by atoms with E-state index in [0.29, 0.717) is 38.7 Å². The Morgan fingerprint density at radius 2 is 1.36 bits per heavy atom. The summed E-state index contributed by atoms with van der Waals surface area (Å²) in [6.07, 6.45) is 1.09. The van der Waals surface area contributed by atoms with Crippen molar-refractivity contribution in [1.82, 2.24) is 9.80 Å². The zero-order valence-corrected chi connectivity index (χ0v) is 32.8. The van der Waals surface area contributed by atoms with Crippen LogP contribution in [0.2, 0.25) is 26.7 Å². The predicted molar refractivity (Wildman–Crippen MR) is 198 cm³/mol. The number of piperidine rings is 1. The number of likely N-dealkylation sites (tertiary alicyclic amines) is 2. The monoisotopic (exact) mass is 752 g/mol. The number of nitrogens with zero attached hydrogens (tertiary/aromatic N) is 2. The summed E-state index contributed by atoms with van der Waals surface area (Å²) in [5, 5.41) is 0.995. The molecule has 2 aromatic rings. The second-order valence-corrected chi connectivity index (χ2v) is 21.9. The van der Waals surface area contributed by atoms with Crippen molar-refractivity contribution in [1.29, 1.82) is 0 Å². The summed E-state index contributed by atoms with van der Waals surface area (Å²) < 4.78 is 46.2. The highest BCUT2D eigenvalue weighted by atomic mass is 35.5. The van der Waals surface area contributed by atoms with Crippen LogP contribution in [0.4, 0.5) is 13.2 Å². The molecule has 0 radical (unpaired) electrons. The van der Waals surface area contributed by atoms with Crippen molar-refractivity contribution < 1.29 is 27.2 Å². The highest BCUT2D eigenvalue weighted by Crippen LogP contribution is 2.45. The highest BCUT2D eigenvalue weighted by Gasteiger charge is 2.48. The van der Waals surface area contributed by atoms with Crippen LogP contribution in [0.15, 0.2) is 36.4 Å². The molecule has 2 aliphatic heterocycles. The summed E-state index contributed by atoms with van der Waals surface area (Å²) in [5.74, 6) is -1.61. The number of rotatable bonds is 10. The lowest BCUT2D eigenvalue weighted by Gasteiger charge is -2.46. The quantitative estimate of drug-likeness (QED) is 0.227. The van der Waals surface area contributed by atoms with E-state index in [4.69, 9.17) is 27.6 Å². The fourth-order valence-corrected chi connectivity index (χ4v) is 15.4. The lowest BCUT2D eigenvalue weighted by Crippen LogP contribution is -2.51. The first-order chi connectivity index (χ1) is 23.5. The lowest BCUT2D eigenvalue weighted by atomic mass is 9.92. The number of hydrogen-bond acceptors (Lipinski definition) is 3. The fraction of sp³-hybridized carbons (Fsp3) is 0.641. The van der Waals surface area contributed by atoms with Crippen molar-refractivity contribution >= 4 is 43.3 Å². The van der Waals surface area contributed by atoms with Crippen LogP contribution in [-0.2, 0) is 15.6 Å². The maximum absolute atomic E-state index is 13.7. The van der Waals surface area contributed by atoms with Crippen LogP contribution in [0.3, 0.4) is 0 Å². The minimum atomic E-state index is -4.22. The number of carbonyl (C=O) groups excluding carboxylic acids is 2. The molecule has 0 N–H and O–H groups in total. The molecular formula is C39H53Cl2F3N2O3Si. The van der Waals surface area contributed by atoms with Crippen LogP contribution >= 0.6 is 23.2 Å². The number of carbonyl (C=O) groups is 2. The van der Waals surface area contributed by atoms with E-state index in [0.717, 1.165) is 55.3 Å². The second-order valence-electron chi connectivity index (χ2n) is 15.7. The van der Waals surface area contributed by atoms with Crippen LogP contribution in [0, 0.1) is 11.8 Å². The molecule has 3 aliphatic rings. The number of alkyl halides is 3. The molecule has 0 bridgehead atoms. The molecule has 0 unspecified atom stereocenters. The Bertz CT molecular complexity index is 1460. The first-order valence-corrected chi connectivity index (χ1v) is 21.3. The molecule has 1 atom stereocenters. The van der Waals surface area contributed by atoms with Crippen LogP contribution in [0.1, 0.15) is 102 Å². The normalized spacial score (nSPS) is 22.8. The van der Waals surface area contributed by atoms with E-state index < -0.39 is 20.4 Å². The first kappa shape index (κ1) is 39.1.